The Kier molecular flexibility index (Phi) is 4.54. The number of benzene rings is 1. The highest BCUT2D eigenvalue weighted by molar-refractivity contribution is 6.29. The number of nitrogens with two attached hydrogens (primary N) is 1. The first-order chi connectivity index (χ1) is 7.99. The van der Waals surface area contributed by atoms with Gasteiger partial charge >= 0.3 is 12.0 Å². The predicted octanol–water partition coefficient (Wildman–Crippen LogP) is 2.09. The minimum Gasteiger partial charge on any atom is -0.456 e. The Labute approximate surface area is 103 Å². The number of hydrogen-bond acceptors (Lipinski definition) is 3. The number of carbonyl (C=O) groups excluding carboxylic acids is 2. The van der Waals surface area contributed by atoms with Crippen LogP contribution in [-0.2, 0) is 4.74 Å². The second kappa shape index (κ2) is 5.91. The molecule has 0 unspecified atom stereocenters. The van der Waals surface area contributed by atoms with E-state index in [9.17, 15) is 9.59 Å². The third-order valence-electron chi connectivity index (χ3n) is 1.73. The number of rotatable bonds is 4. The van der Waals surface area contributed by atoms with Crippen molar-refractivity contribution >= 4 is 29.3 Å². The number of halogens is 1. The van der Waals surface area contributed by atoms with Gasteiger partial charge in [0, 0.05) is 10.7 Å². The summed E-state index contributed by atoms with van der Waals surface area (Å²) < 4.78 is 4.84. The predicted molar refractivity (Wildman–Crippen MR) is 64.9 cm³/mol. The zero-order chi connectivity index (χ0) is 12.8. The average molecular weight is 255 g/mol. The lowest BCUT2D eigenvalue weighted by molar-refractivity contribution is 0.0546. The van der Waals surface area contributed by atoms with Gasteiger partial charge in [0.05, 0.1) is 5.56 Å². The summed E-state index contributed by atoms with van der Waals surface area (Å²) in [5.41, 5.74) is 5.65. The average Bonchev–Trinajstić information content (AvgIpc) is 2.25. The van der Waals surface area contributed by atoms with Crippen molar-refractivity contribution in [2.75, 3.05) is 11.9 Å². The van der Waals surface area contributed by atoms with E-state index in [0.717, 1.165) is 0 Å². The molecule has 1 aromatic carbocycles. The van der Waals surface area contributed by atoms with Gasteiger partial charge in [0.15, 0.2) is 0 Å². The maximum atomic E-state index is 11.5. The molecule has 2 amide bonds. The van der Waals surface area contributed by atoms with Crippen molar-refractivity contribution in [3.63, 3.8) is 0 Å². The highest BCUT2D eigenvalue weighted by Crippen LogP contribution is 2.12. The van der Waals surface area contributed by atoms with Gasteiger partial charge in [-0.25, -0.2) is 9.59 Å². The van der Waals surface area contributed by atoms with Crippen molar-refractivity contribution in [3.8, 4) is 0 Å². The molecule has 6 heteroatoms. The lowest BCUT2D eigenvalue weighted by Gasteiger charge is -2.05. The molecule has 0 aliphatic heterocycles. The Morgan fingerprint density at radius 3 is 2.76 bits per heavy atom. The van der Waals surface area contributed by atoms with Crippen LogP contribution in [0.4, 0.5) is 10.5 Å². The van der Waals surface area contributed by atoms with Crippen molar-refractivity contribution in [2.24, 2.45) is 5.73 Å². The van der Waals surface area contributed by atoms with Crippen molar-refractivity contribution in [1.82, 2.24) is 0 Å². The number of ether oxygens (including phenoxy) is 1. The van der Waals surface area contributed by atoms with E-state index in [0.29, 0.717) is 5.69 Å². The molecular weight excluding hydrogens is 244 g/mol. The maximum Gasteiger partial charge on any atom is 0.338 e. The molecule has 0 saturated heterocycles. The zero-order valence-corrected chi connectivity index (χ0v) is 9.66. The SMILES string of the molecule is C=C(Cl)COC(=O)c1cccc(NC(N)=O)c1. The van der Waals surface area contributed by atoms with Crippen LogP contribution in [0.3, 0.4) is 0 Å². The smallest absolute Gasteiger partial charge is 0.338 e. The molecule has 0 saturated carbocycles. The summed E-state index contributed by atoms with van der Waals surface area (Å²) in [5.74, 6) is -0.556. The van der Waals surface area contributed by atoms with Gasteiger partial charge in [0.25, 0.3) is 0 Å². The molecule has 90 valence electrons. The molecule has 17 heavy (non-hydrogen) atoms. The van der Waals surface area contributed by atoms with E-state index >= 15 is 0 Å². The Hall–Kier alpha value is -2.01. The van der Waals surface area contributed by atoms with Gasteiger partial charge in [0.2, 0.25) is 0 Å². The Balaban J connectivity index is 2.73. The summed E-state index contributed by atoms with van der Waals surface area (Å²) in [6.07, 6.45) is 0. The number of amides is 2. The van der Waals surface area contributed by atoms with Gasteiger partial charge in [-0.3, -0.25) is 0 Å². The van der Waals surface area contributed by atoms with E-state index in [1.165, 1.54) is 6.07 Å². The molecule has 1 rings (SSSR count). The summed E-state index contributed by atoms with van der Waals surface area (Å²) in [5, 5.41) is 2.58. The third kappa shape index (κ3) is 4.56. The number of esters is 1. The second-order valence-corrected chi connectivity index (χ2v) is 3.70. The van der Waals surface area contributed by atoms with Crippen LogP contribution >= 0.6 is 11.6 Å². The molecule has 0 bridgehead atoms. The molecule has 0 aliphatic carbocycles. The molecule has 1 aromatic rings. The lowest BCUT2D eigenvalue weighted by atomic mass is 10.2. The van der Waals surface area contributed by atoms with Crippen LogP contribution < -0.4 is 11.1 Å². The van der Waals surface area contributed by atoms with Gasteiger partial charge in [-0.1, -0.05) is 24.2 Å². The number of urea groups is 1. The Morgan fingerprint density at radius 2 is 2.18 bits per heavy atom. The minimum absolute atomic E-state index is 0.0616. The van der Waals surface area contributed by atoms with Crippen LogP contribution in [0.15, 0.2) is 35.9 Å². The van der Waals surface area contributed by atoms with Crippen LogP contribution in [0.5, 0.6) is 0 Å². The highest BCUT2D eigenvalue weighted by atomic mass is 35.5. The van der Waals surface area contributed by atoms with E-state index in [1.807, 2.05) is 0 Å². The van der Waals surface area contributed by atoms with Gasteiger partial charge in [-0.15, -0.1) is 0 Å². The largest absolute Gasteiger partial charge is 0.456 e. The van der Waals surface area contributed by atoms with Crippen LogP contribution in [-0.4, -0.2) is 18.6 Å². The first-order valence-electron chi connectivity index (χ1n) is 4.66. The fraction of sp³-hybridized carbons (Fsp3) is 0.0909. The third-order valence-corrected chi connectivity index (χ3v) is 1.83. The number of nitrogens with one attached hydrogen (secondary N) is 1. The van der Waals surface area contributed by atoms with Gasteiger partial charge < -0.3 is 15.8 Å². The number of carbonyl (C=O) groups is 2. The van der Waals surface area contributed by atoms with Crippen LogP contribution in [0, 0.1) is 0 Å². The van der Waals surface area contributed by atoms with E-state index in [2.05, 4.69) is 11.9 Å². The molecule has 0 spiro atoms. The molecule has 5 nitrogen and oxygen atoms in total. The van der Waals surface area contributed by atoms with E-state index in [1.54, 1.807) is 18.2 Å². The van der Waals surface area contributed by atoms with E-state index < -0.39 is 12.0 Å². The summed E-state index contributed by atoms with van der Waals surface area (Å²) in [4.78, 5) is 22.2. The van der Waals surface area contributed by atoms with Crippen molar-refractivity contribution < 1.29 is 14.3 Å². The molecule has 0 aliphatic rings. The van der Waals surface area contributed by atoms with Gasteiger partial charge in [-0.05, 0) is 18.2 Å². The normalized spacial score (nSPS) is 9.47. The number of anilines is 1. The number of hydrogen-bond donors (Lipinski definition) is 2. The van der Waals surface area contributed by atoms with Crippen molar-refractivity contribution in [3.05, 3.63) is 41.4 Å². The first-order valence-corrected chi connectivity index (χ1v) is 5.04. The summed E-state index contributed by atoms with van der Waals surface area (Å²) in [6.45, 7) is 3.33. The minimum atomic E-state index is -0.704. The fourth-order valence-electron chi connectivity index (χ4n) is 1.09. The second-order valence-electron chi connectivity index (χ2n) is 3.16. The quantitative estimate of drug-likeness (QED) is 0.807. The van der Waals surface area contributed by atoms with Crippen LogP contribution in [0.1, 0.15) is 10.4 Å². The van der Waals surface area contributed by atoms with Crippen LogP contribution in [0.2, 0.25) is 0 Å². The monoisotopic (exact) mass is 254 g/mol. The molecular formula is C11H11ClN2O3. The standard InChI is InChI=1S/C11H11ClN2O3/c1-7(12)6-17-10(15)8-3-2-4-9(5-8)14-11(13)16/h2-5H,1,6H2,(H3,13,14,16). The summed E-state index contributed by atoms with van der Waals surface area (Å²) in [7, 11) is 0. The summed E-state index contributed by atoms with van der Waals surface area (Å²) in [6, 6.07) is 5.49. The zero-order valence-electron chi connectivity index (χ0n) is 8.90. The Bertz CT molecular complexity index is 460. The topological polar surface area (TPSA) is 81.4 Å². The summed E-state index contributed by atoms with van der Waals surface area (Å²) >= 11 is 5.46. The fourth-order valence-corrected chi connectivity index (χ4v) is 1.15. The van der Waals surface area contributed by atoms with Crippen LogP contribution in [0.25, 0.3) is 0 Å². The van der Waals surface area contributed by atoms with Crippen molar-refractivity contribution in [1.29, 1.82) is 0 Å². The van der Waals surface area contributed by atoms with E-state index in [-0.39, 0.29) is 17.2 Å². The highest BCUT2D eigenvalue weighted by Gasteiger charge is 2.08. The lowest BCUT2D eigenvalue weighted by Crippen LogP contribution is -2.19. The number of primary amides is 1. The molecule has 0 atom stereocenters. The van der Waals surface area contributed by atoms with Crippen molar-refractivity contribution in [2.45, 2.75) is 0 Å². The Morgan fingerprint density at radius 1 is 1.47 bits per heavy atom. The first kappa shape index (κ1) is 13.1. The molecule has 0 fully saturated rings. The van der Waals surface area contributed by atoms with Gasteiger partial charge in [-0.2, -0.15) is 0 Å². The molecule has 3 N–H and O–H groups in total. The molecule has 0 heterocycles. The van der Waals surface area contributed by atoms with Gasteiger partial charge in [0.1, 0.15) is 6.61 Å². The maximum absolute atomic E-state index is 11.5. The van der Waals surface area contributed by atoms with E-state index in [4.69, 9.17) is 22.1 Å². The molecule has 0 aromatic heterocycles. The molecule has 0 radical (unpaired) electrons.